The van der Waals surface area contributed by atoms with Gasteiger partial charge in [0.1, 0.15) is 5.69 Å². The van der Waals surface area contributed by atoms with Gasteiger partial charge in [-0.3, -0.25) is 18.9 Å². The third-order valence-corrected chi connectivity index (χ3v) is 5.86. The molecule has 11 heteroatoms. The molecule has 1 aromatic carbocycles. The number of hydrogen-bond acceptors (Lipinski definition) is 7. The maximum absolute atomic E-state index is 13.2. The summed E-state index contributed by atoms with van der Waals surface area (Å²) in [6, 6.07) is 15.3. The van der Waals surface area contributed by atoms with Gasteiger partial charge in [0.25, 0.3) is 5.56 Å². The van der Waals surface area contributed by atoms with E-state index in [1.807, 2.05) is 48.5 Å². The van der Waals surface area contributed by atoms with Gasteiger partial charge in [-0.05, 0) is 48.6 Å². The maximum Gasteiger partial charge on any atom is 0.332 e. The zero-order valence-corrected chi connectivity index (χ0v) is 19.5. The molecule has 0 spiro atoms. The summed E-state index contributed by atoms with van der Waals surface area (Å²) in [4.78, 5) is 41.8. The Morgan fingerprint density at radius 2 is 1.74 bits per heavy atom. The van der Waals surface area contributed by atoms with Crippen LogP contribution >= 0.6 is 11.6 Å². The molecular weight excluding hydrogens is 470 g/mol. The number of aromatic nitrogens is 7. The van der Waals surface area contributed by atoms with Crippen LogP contribution in [0, 0.1) is 0 Å². The van der Waals surface area contributed by atoms with E-state index >= 15 is 0 Å². The van der Waals surface area contributed by atoms with Crippen LogP contribution in [0.4, 0.5) is 0 Å². The van der Waals surface area contributed by atoms with Crippen molar-refractivity contribution in [1.82, 2.24) is 34.2 Å². The Morgan fingerprint density at radius 1 is 0.914 bits per heavy atom. The number of unbranched alkanes of at least 4 members (excludes halogenated alkanes) is 1. The second-order valence-corrected chi connectivity index (χ2v) is 8.39. The molecule has 5 aromatic rings. The van der Waals surface area contributed by atoms with E-state index in [1.165, 1.54) is 9.13 Å². The summed E-state index contributed by atoms with van der Waals surface area (Å²) in [6.45, 7) is 0.621. The van der Waals surface area contributed by atoms with E-state index < -0.39 is 11.2 Å². The first kappa shape index (κ1) is 22.7. The molecule has 0 unspecified atom stereocenters. The predicted octanol–water partition coefficient (Wildman–Crippen LogP) is 3.25. The summed E-state index contributed by atoms with van der Waals surface area (Å²) in [6.07, 6.45) is 4.03. The molecule has 0 atom stereocenters. The molecule has 178 valence electrons. The van der Waals surface area contributed by atoms with E-state index in [-0.39, 0.29) is 23.0 Å². The third-order valence-electron chi connectivity index (χ3n) is 5.68. The molecular formula is C24H22ClN7O3. The zero-order valence-electron chi connectivity index (χ0n) is 18.7. The number of fused-ring (bicyclic) bond motifs is 1. The highest BCUT2D eigenvalue weighted by molar-refractivity contribution is 6.28. The standard InChI is InChI=1S/C24H22ClN7O3/c25-23-28-19-21(29-23)31(15-12-16-8-2-1-3-9-16)24(34)32(22(19)33)14-7-5-11-18-27-20(30-35-18)17-10-4-6-13-26-17/h1-4,6,8-10,13H,5,7,11-12,14-15H2,(H,28,29). The number of rotatable bonds is 9. The molecule has 0 saturated heterocycles. The van der Waals surface area contributed by atoms with Gasteiger partial charge in [-0.2, -0.15) is 9.97 Å². The first-order chi connectivity index (χ1) is 17.1. The number of imidazole rings is 1. The average molecular weight is 492 g/mol. The molecule has 0 radical (unpaired) electrons. The van der Waals surface area contributed by atoms with Crippen LogP contribution in [0.25, 0.3) is 22.7 Å². The van der Waals surface area contributed by atoms with Crippen molar-refractivity contribution in [3.63, 3.8) is 0 Å². The molecule has 0 aliphatic heterocycles. The van der Waals surface area contributed by atoms with Gasteiger partial charge in [0, 0.05) is 25.7 Å². The minimum atomic E-state index is -0.435. The second kappa shape index (κ2) is 10.1. The van der Waals surface area contributed by atoms with Gasteiger partial charge >= 0.3 is 5.69 Å². The van der Waals surface area contributed by atoms with Crippen LogP contribution in [0.3, 0.4) is 0 Å². The van der Waals surface area contributed by atoms with Gasteiger partial charge in [-0.25, -0.2) is 4.79 Å². The number of nitrogens with one attached hydrogen (secondary N) is 1. The lowest BCUT2D eigenvalue weighted by atomic mass is 10.1. The van der Waals surface area contributed by atoms with Crippen LogP contribution in [0.15, 0.2) is 68.8 Å². The van der Waals surface area contributed by atoms with Gasteiger partial charge in [0.2, 0.25) is 17.0 Å². The van der Waals surface area contributed by atoms with Crippen molar-refractivity contribution in [3.8, 4) is 11.5 Å². The minimum absolute atomic E-state index is 0.0721. The van der Waals surface area contributed by atoms with Gasteiger partial charge in [0.05, 0.1) is 0 Å². The summed E-state index contributed by atoms with van der Waals surface area (Å²) in [7, 11) is 0. The third kappa shape index (κ3) is 4.92. The highest BCUT2D eigenvalue weighted by Gasteiger charge is 2.17. The molecule has 0 amide bonds. The van der Waals surface area contributed by atoms with E-state index in [0.717, 1.165) is 5.56 Å². The molecule has 5 rings (SSSR count). The fourth-order valence-electron chi connectivity index (χ4n) is 3.92. The summed E-state index contributed by atoms with van der Waals surface area (Å²) >= 11 is 6.03. The van der Waals surface area contributed by atoms with E-state index in [1.54, 1.807) is 6.20 Å². The molecule has 0 fully saturated rings. The quantitative estimate of drug-likeness (QED) is 0.248. The van der Waals surface area contributed by atoms with Gasteiger partial charge in [0.15, 0.2) is 11.2 Å². The minimum Gasteiger partial charge on any atom is -0.339 e. The van der Waals surface area contributed by atoms with Crippen molar-refractivity contribution in [2.24, 2.45) is 0 Å². The Bertz CT molecular complexity index is 1560. The van der Waals surface area contributed by atoms with Crippen molar-refractivity contribution in [2.75, 3.05) is 0 Å². The second-order valence-electron chi connectivity index (χ2n) is 8.04. The molecule has 1 N–H and O–H groups in total. The Morgan fingerprint density at radius 3 is 2.54 bits per heavy atom. The van der Waals surface area contributed by atoms with Crippen molar-refractivity contribution >= 4 is 22.8 Å². The number of pyridine rings is 1. The molecule has 0 aliphatic carbocycles. The Labute approximate surface area is 204 Å². The molecule has 35 heavy (non-hydrogen) atoms. The van der Waals surface area contributed by atoms with E-state index in [2.05, 4.69) is 25.1 Å². The number of halogens is 1. The molecule has 4 aromatic heterocycles. The summed E-state index contributed by atoms with van der Waals surface area (Å²) < 4.78 is 8.04. The lowest BCUT2D eigenvalue weighted by molar-refractivity contribution is 0.372. The first-order valence-corrected chi connectivity index (χ1v) is 11.6. The number of aromatic amines is 1. The first-order valence-electron chi connectivity index (χ1n) is 11.3. The summed E-state index contributed by atoms with van der Waals surface area (Å²) in [5, 5.41) is 4.04. The van der Waals surface area contributed by atoms with Crippen molar-refractivity contribution in [3.05, 3.63) is 92.3 Å². The SMILES string of the molecule is O=c1c2[nH]c(Cl)nc2n(CCc2ccccc2)c(=O)n1CCCCc1nc(-c2ccccn2)no1. The highest BCUT2D eigenvalue weighted by Crippen LogP contribution is 2.14. The number of benzene rings is 1. The van der Waals surface area contributed by atoms with E-state index in [9.17, 15) is 9.59 Å². The predicted molar refractivity (Wildman–Crippen MR) is 130 cm³/mol. The number of aryl methyl sites for hydroxylation is 3. The lowest BCUT2D eigenvalue weighted by Crippen LogP contribution is -2.40. The zero-order chi connectivity index (χ0) is 24.2. The van der Waals surface area contributed by atoms with E-state index in [0.29, 0.717) is 49.6 Å². The van der Waals surface area contributed by atoms with Crippen molar-refractivity contribution < 1.29 is 4.52 Å². The number of nitrogens with zero attached hydrogens (tertiary/aromatic N) is 6. The van der Waals surface area contributed by atoms with Crippen LogP contribution in [0.1, 0.15) is 24.3 Å². The summed E-state index contributed by atoms with van der Waals surface area (Å²) in [5.41, 5.74) is 1.37. The van der Waals surface area contributed by atoms with E-state index in [4.69, 9.17) is 16.1 Å². The Hall–Kier alpha value is -4.05. The highest BCUT2D eigenvalue weighted by atomic mass is 35.5. The average Bonchev–Trinajstić information content (AvgIpc) is 3.51. The molecule has 10 nitrogen and oxygen atoms in total. The van der Waals surface area contributed by atoms with Crippen LogP contribution in [0.5, 0.6) is 0 Å². The lowest BCUT2D eigenvalue weighted by Gasteiger charge is -2.11. The van der Waals surface area contributed by atoms with Gasteiger partial charge in [-0.1, -0.05) is 41.6 Å². The Kier molecular flexibility index (Phi) is 6.53. The summed E-state index contributed by atoms with van der Waals surface area (Å²) in [5.74, 6) is 0.911. The van der Waals surface area contributed by atoms with Crippen LogP contribution in [-0.2, 0) is 25.9 Å². The van der Waals surface area contributed by atoms with Crippen LogP contribution < -0.4 is 11.2 Å². The topological polar surface area (TPSA) is 124 Å². The molecule has 0 aliphatic rings. The normalized spacial score (nSPS) is 11.3. The number of hydrogen-bond donors (Lipinski definition) is 1. The van der Waals surface area contributed by atoms with Crippen molar-refractivity contribution in [2.45, 2.75) is 38.8 Å². The smallest absolute Gasteiger partial charge is 0.332 e. The van der Waals surface area contributed by atoms with Gasteiger partial charge < -0.3 is 9.51 Å². The number of H-pyrrole nitrogens is 1. The molecule has 0 saturated carbocycles. The fourth-order valence-corrected chi connectivity index (χ4v) is 4.10. The molecule has 4 heterocycles. The van der Waals surface area contributed by atoms with Crippen LogP contribution in [-0.4, -0.2) is 34.2 Å². The maximum atomic E-state index is 13.2. The Balaban J connectivity index is 1.30. The molecule has 0 bridgehead atoms. The van der Waals surface area contributed by atoms with Crippen molar-refractivity contribution in [1.29, 1.82) is 0 Å². The van der Waals surface area contributed by atoms with Crippen LogP contribution in [0.2, 0.25) is 5.28 Å². The monoisotopic (exact) mass is 491 g/mol. The largest absolute Gasteiger partial charge is 0.339 e. The van der Waals surface area contributed by atoms with Gasteiger partial charge in [-0.15, -0.1) is 0 Å². The fraction of sp³-hybridized carbons (Fsp3) is 0.250.